The first-order chi connectivity index (χ1) is 4.67. The Labute approximate surface area is 61.8 Å². The molecule has 2 rings (SSSR count). The third-order valence-corrected chi connectivity index (χ3v) is 3.85. The molecule has 0 aromatic heterocycles. The van der Waals surface area contributed by atoms with Crippen LogP contribution in [0.1, 0.15) is 33.1 Å². The van der Waals surface area contributed by atoms with E-state index in [1.165, 1.54) is 6.42 Å². The Bertz CT molecular complexity index is 175. The summed E-state index contributed by atoms with van der Waals surface area (Å²) in [6.07, 6.45) is 2.91. The number of hydrogen-bond acceptors (Lipinski definition) is 1. The Morgan fingerprint density at radius 1 is 1.40 bits per heavy atom. The van der Waals surface area contributed by atoms with E-state index in [0.29, 0.717) is 11.2 Å². The summed E-state index contributed by atoms with van der Waals surface area (Å²) in [5.74, 6) is 2.13. The lowest BCUT2D eigenvalue weighted by molar-refractivity contribution is -0.117. The zero-order valence-corrected chi connectivity index (χ0v) is 6.68. The van der Waals surface area contributed by atoms with E-state index in [0.717, 1.165) is 24.7 Å². The molecule has 2 saturated carbocycles. The van der Waals surface area contributed by atoms with Gasteiger partial charge in [-0.05, 0) is 23.7 Å². The molecule has 0 amide bonds. The zero-order chi connectivity index (χ0) is 7.35. The molecule has 10 heavy (non-hydrogen) atoms. The standard InChI is InChI=1S/C9H14O/c1-6-7(2)9(6)4-3-8(10)5-9/h6-7H,3-5H2,1-2H3. The smallest absolute Gasteiger partial charge is 0.133 e. The maximum atomic E-state index is 11.0. The minimum absolute atomic E-state index is 0.483. The monoisotopic (exact) mass is 138 g/mol. The Morgan fingerprint density at radius 3 is 2.20 bits per heavy atom. The number of ketones is 1. The molecule has 56 valence electrons. The summed E-state index contributed by atoms with van der Waals surface area (Å²) < 4.78 is 0. The molecule has 0 aromatic rings. The predicted molar refractivity (Wildman–Crippen MR) is 39.6 cm³/mol. The molecule has 0 heterocycles. The molecule has 2 aliphatic rings. The van der Waals surface area contributed by atoms with Crippen molar-refractivity contribution in [1.82, 2.24) is 0 Å². The van der Waals surface area contributed by atoms with Crippen LogP contribution in [0, 0.1) is 17.3 Å². The van der Waals surface area contributed by atoms with Gasteiger partial charge in [0.1, 0.15) is 5.78 Å². The molecule has 1 heteroatoms. The SMILES string of the molecule is CC1C(C)C12CCC(=O)C2. The molecule has 0 saturated heterocycles. The average molecular weight is 138 g/mol. The fourth-order valence-corrected chi connectivity index (χ4v) is 2.64. The van der Waals surface area contributed by atoms with Gasteiger partial charge in [-0.3, -0.25) is 4.79 Å². The fourth-order valence-electron chi connectivity index (χ4n) is 2.64. The van der Waals surface area contributed by atoms with Gasteiger partial charge in [-0.25, -0.2) is 0 Å². The molecule has 0 N–H and O–H groups in total. The van der Waals surface area contributed by atoms with E-state index in [9.17, 15) is 4.79 Å². The number of carbonyl (C=O) groups excluding carboxylic acids is 1. The zero-order valence-electron chi connectivity index (χ0n) is 6.68. The van der Waals surface area contributed by atoms with Crippen LogP contribution in [0.25, 0.3) is 0 Å². The van der Waals surface area contributed by atoms with Crippen molar-refractivity contribution in [2.45, 2.75) is 33.1 Å². The van der Waals surface area contributed by atoms with Crippen LogP contribution in [0.5, 0.6) is 0 Å². The number of Topliss-reactive ketones (excluding diaryl/α,β-unsaturated/α-hetero) is 1. The van der Waals surface area contributed by atoms with Crippen LogP contribution in [0.15, 0.2) is 0 Å². The van der Waals surface area contributed by atoms with Gasteiger partial charge >= 0.3 is 0 Å². The largest absolute Gasteiger partial charge is 0.300 e. The van der Waals surface area contributed by atoms with Gasteiger partial charge in [0, 0.05) is 12.8 Å². The van der Waals surface area contributed by atoms with Gasteiger partial charge in [0.2, 0.25) is 0 Å². The first-order valence-corrected chi connectivity index (χ1v) is 4.18. The molecule has 2 atom stereocenters. The van der Waals surface area contributed by atoms with Crippen molar-refractivity contribution in [3.8, 4) is 0 Å². The predicted octanol–water partition coefficient (Wildman–Crippen LogP) is 2.01. The van der Waals surface area contributed by atoms with Crippen LogP contribution < -0.4 is 0 Å². The van der Waals surface area contributed by atoms with E-state index < -0.39 is 0 Å². The lowest BCUT2D eigenvalue weighted by Crippen LogP contribution is -1.98. The van der Waals surface area contributed by atoms with E-state index in [1.807, 2.05) is 0 Å². The molecule has 0 aromatic carbocycles. The number of hydrogen-bond donors (Lipinski definition) is 0. The van der Waals surface area contributed by atoms with Crippen molar-refractivity contribution in [2.24, 2.45) is 17.3 Å². The Hall–Kier alpha value is -0.330. The maximum absolute atomic E-state index is 11.0. The van der Waals surface area contributed by atoms with Crippen molar-refractivity contribution >= 4 is 5.78 Å². The molecule has 0 aliphatic heterocycles. The van der Waals surface area contributed by atoms with Crippen LogP contribution in [0.3, 0.4) is 0 Å². The molecular weight excluding hydrogens is 124 g/mol. The molecule has 2 unspecified atom stereocenters. The minimum Gasteiger partial charge on any atom is -0.300 e. The summed E-state index contributed by atoms with van der Waals surface area (Å²) in [5.41, 5.74) is 0.483. The van der Waals surface area contributed by atoms with Gasteiger partial charge in [0.25, 0.3) is 0 Å². The van der Waals surface area contributed by atoms with E-state index in [2.05, 4.69) is 13.8 Å². The highest BCUT2D eigenvalue weighted by molar-refractivity contribution is 5.82. The van der Waals surface area contributed by atoms with Crippen molar-refractivity contribution in [3.05, 3.63) is 0 Å². The van der Waals surface area contributed by atoms with Gasteiger partial charge in [0.15, 0.2) is 0 Å². The molecule has 1 nitrogen and oxygen atoms in total. The van der Waals surface area contributed by atoms with E-state index in [-0.39, 0.29) is 0 Å². The highest BCUT2D eigenvalue weighted by Gasteiger charge is 2.61. The van der Waals surface area contributed by atoms with Gasteiger partial charge in [-0.1, -0.05) is 13.8 Å². The normalized spacial score (nSPS) is 52.4. The first kappa shape index (κ1) is 6.38. The second kappa shape index (κ2) is 1.63. The molecule has 0 radical (unpaired) electrons. The van der Waals surface area contributed by atoms with Crippen molar-refractivity contribution in [2.75, 3.05) is 0 Å². The third-order valence-electron chi connectivity index (χ3n) is 3.85. The molecule has 2 aliphatic carbocycles. The summed E-state index contributed by atoms with van der Waals surface area (Å²) in [7, 11) is 0. The summed E-state index contributed by atoms with van der Waals surface area (Å²) >= 11 is 0. The Kier molecular flexibility index (Phi) is 1.04. The van der Waals surface area contributed by atoms with Gasteiger partial charge in [-0.15, -0.1) is 0 Å². The van der Waals surface area contributed by atoms with Crippen molar-refractivity contribution < 1.29 is 4.79 Å². The summed E-state index contributed by atoms with van der Waals surface area (Å²) in [4.78, 5) is 11.0. The Balaban J connectivity index is 2.15. The topological polar surface area (TPSA) is 17.1 Å². The van der Waals surface area contributed by atoms with E-state index in [4.69, 9.17) is 0 Å². The van der Waals surface area contributed by atoms with Crippen LogP contribution in [-0.2, 0) is 4.79 Å². The summed E-state index contributed by atoms with van der Waals surface area (Å²) in [5, 5.41) is 0. The van der Waals surface area contributed by atoms with Gasteiger partial charge in [0.05, 0.1) is 0 Å². The van der Waals surface area contributed by atoms with Crippen molar-refractivity contribution in [1.29, 1.82) is 0 Å². The van der Waals surface area contributed by atoms with Crippen LogP contribution >= 0.6 is 0 Å². The molecule has 0 bridgehead atoms. The maximum Gasteiger partial charge on any atom is 0.133 e. The van der Waals surface area contributed by atoms with Crippen molar-refractivity contribution in [3.63, 3.8) is 0 Å². The molecule has 1 spiro atoms. The van der Waals surface area contributed by atoms with Crippen LogP contribution in [0.4, 0.5) is 0 Å². The minimum atomic E-state index is 0.483. The van der Waals surface area contributed by atoms with Gasteiger partial charge in [-0.2, -0.15) is 0 Å². The van der Waals surface area contributed by atoms with E-state index in [1.54, 1.807) is 0 Å². The Morgan fingerprint density at radius 2 is 2.00 bits per heavy atom. The lowest BCUT2D eigenvalue weighted by atomic mass is 10.0. The molecule has 2 fully saturated rings. The average Bonchev–Trinajstić information content (AvgIpc) is 2.37. The second-order valence-electron chi connectivity index (χ2n) is 4.03. The highest BCUT2D eigenvalue weighted by atomic mass is 16.1. The summed E-state index contributed by atoms with van der Waals surface area (Å²) in [6, 6.07) is 0. The second-order valence-corrected chi connectivity index (χ2v) is 4.03. The lowest BCUT2D eigenvalue weighted by Gasteiger charge is -2.02. The first-order valence-electron chi connectivity index (χ1n) is 4.18. The number of rotatable bonds is 0. The quantitative estimate of drug-likeness (QED) is 0.500. The number of carbonyl (C=O) groups is 1. The van der Waals surface area contributed by atoms with Crippen LogP contribution in [0.2, 0.25) is 0 Å². The highest BCUT2D eigenvalue weighted by Crippen LogP contribution is 2.66. The molecular formula is C9H14O. The van der Waals surface area contributed by atoms with E-state index >= 15 is 0 Å². The fraction of sp³-hybridized carbons (Fsp3) is 0.889. The summed E-state index contributed by atoms with van der Waals surface area (Å²) in [6.45, 7) is 4.56. The van der Waals surface area contributed by atoms with Gasteiger partial charge < -0.3 is 0 Å². The van der Waals surface area contributed by atoms with Crippen LogP contribution in [-0.4, -0.2) is 5.78 Å². The third kappa shape index (κ3) is 0.561.